The summed E-state index contributed by atoms with van der Waals surface area (Å²) in [6.45, 7) is 3.24. The van der Waals surface area contributed by atoms with Crippen molar-refractivity contribution < 1.29 is 26.7 Å². The van der Waals surface area contributed by atoms with E-state index in [1.165, 1.54) is 12.1 Å². The highest BCUT2D eigenvalue weighted by Crippen LogP contribution is 2.27. The highest BCUT2D eigenvalue weighted by atomic mass is 19.3. The van der Waals surface area contributed by atoms with Gasteiger partial charge in [0.25, 0.3) is 5.91 Å². The van der Waals surface area contributed by atoms with Gasteiger partial charge < -0.3 is 5.32 Å². The first-order valence-corrected chi connectivity index (χ1v) is 5.88. The van der Waals surface area contributed by atoms with Crippen LogP contribution in [0, 0.1) is 11.7 Å². The van der Waals surface area contributed by atoms with Crippen LogP contribution in [0.3, 0.4) is 0 Å². The van der Waals surface area contributed by atoms with Crippen LogP contribution in [0.25, 0.3) is 0 Å². The van der Waals surface area contributed by atoms with Gasteiger partial charge in [-0.2, -0.15) is 8.78 Å². The van der Waals surface area contributed by atoms with E-state index in [1.807, 2.05) is 5.32 Å². The van der Waals surface area contributed by atoms with Gasteiger partial charge in [0, 0.05) is 0 Å². The number of amides is 1. The van der Waals surface area contributed by atoms with Gasteiger partial charge in [-0.25, -0.2) is 13.2 Å². The zero-order chi connectivity index (χ0) is 15.5. The van der Waals surface area contributed by atoms with Crippen molar-refractivity contribution in [2.45, 2.75) is 32.2 Å². The first-order chi connectivity index (χ1) is 9.16. The third kappa shape index (κ3) is 3.68. The van der Waals surface area contributed by atoms with E-state index >= 15 is 0 Å². The molecule has 0 heterocycles. The minimum Gasteiger partial charge on any atom is -0.344 e. The van der Waals surface area contributed by atoms with Gasteiger partial charge in [0.1, 0.15) is 5.82 Å². The summed E-state index contributed by atoms with van der Waals surface area (Å²) in [4.78, 5) is 11.2. The smallest absolute Gasteiger partial charge is 0.344 e. The molecule has 0 aliphatic heterocycles. The van der Waals surface area contributed by atoms with Crippen molar-refractivity contribution in [3.63, 3.8) is 0 Å². The zero-order valence-electron chi connectivity index (χ0n) is 10.8. The average molecular weight is 295 g/mol. The third-order valence-electron chi connectivity index (χ3n) is 2.76. The van der Waals surface area contributed by atoms with Crippen molar-refractivity contribution >= 4 is 5.91 Å². The fourth-order valence-corrected chi connectivity index (χ4v) is 1.64. The van der Waals surface area contributed by atoms with Crippen molar-refractivity contribution in [2.75, 3.05) is 0 Å². The molecule has 0 spiro atoms. The Balaban J connectivity index is 2.94. The Morgan fingerprint density at radius 3 is 2.05 bits per heavy atom. The van der Waals surface area contributed by atoms with E-state index in [1.54, 1.807) is 13.8 Å². The molecule has 1 amide bonds. The maximum Gasteiger partial charge on any atom is 0.383 e. The monoisotopic (exact) mass is 295 g/mol. The maximum absolute atomic E-state index is 12.9. The molecule has 0 saturated carbocycles. The molecule has 1 rings (SSSR count). The van der Waals surface area contributed by atoms with E-state index in [0.29, 0.717) is 5.56 Å². The number of hydrogen-bond acceptors (Lipinski definition) is 1. The van der Waals surface area contributed by atoms with Crippen LogP contribution in [-0.2, 0) is 4.79 Å². The van der Waals surface area contributed by atoms with E-state index in [0.717, 1.165) is 12.1 Å². The summed E-state index contributed by atoms with van der Waals surface area (Å²) < 4.78 is 62.9. The number of carbonyl (C=O) groups excluding carboxylic acids is 1. The Morgan fingerprint density at radius 1 is 1.15 bits per heavy atom. The molecule has 1 unspecified atom stereocenters. The van der Waals surface area contributed by atoms with Gasteiger partial charge in [0.2, 0.25) is 0 Å². The summed E-state index contributed by atoms with van der Waals surface area (Å²) in [7, 11) is 0. The van der Waals surface area contributed by atoms with Gasteiger partial charge in [-0.1, -0.05) is 26.0 Å². The lowest BCUT2D eigenvalue weighted by molar-refractivity contribution is -0.170. The van der Waals surface area contributed by atoms with Crippen LogP contribution in [-0.4, -0.2) is 18.3 Å². The fourth-order valence-electron chi connectivity index (χ4n) is 1.64. The Hall–Kier alpha value is -1.66. The molecule has 0 bridgehead atoms. The van der Waals surface area contributed by atoms with Gasteiger partial charge in [0.15, 0.2) is 0 Å². The minimum absolute atomic E-state index is 0.335. The average Bonchev–Trinajstić information content (AvgIpc) is 2.36. The van der Waals surface area contributed by atoms with E-state index in [4.69, 9.17) is 0 Å². The lowest BCUT2D eigenvalue weighted by atomic mass is 9.95. The molecule has 112 valence electrons. The second-order valence-corrected chi connectivity index (χ2v) is 4.67. The highest BCUT2D eigenvalue weighted by molar-refractivity contribution is 5.84. The normalized spacial score (nSPS) is 13.7. The Labute approximate surface area is 113 Å². The van der Waals surface area contributed by atoms with Crippen LogP contribution in [0.15, 0.2) is 24.3 Å². The van der Waals surface area contributed by atoms with Crippen molar-refractivity contribution in [1.82, 2.24) is 5.32 Å². The minimum atomic E-state index is -4.76. The van der Waals surface area contributed by atoms with Crippen LogP contribution >= 0.6 is 0 Å². The molecule has 0 aliphatic rings. The number of carbonyl (C=O) groups is 1. The number of rotatable bonds is 5. The highest BCUT2D eigenvalue weighted by Gasteiger charge is 2.49. The number of nitrogens with one attached hydrogen (secondary N) is 1. The Bertz CT molecular complexity index is 458. The first-order valence-electron chi connectivity index (χ1n) is 5.88. The fraction of sp³-hybridized carbons (Fsp3) is 0.462. The molecule has 7 heteroatoms. The lowest BCUT2D eigenvalue weighted by Gasteiger charge is -2.25. The Morgan fingerprint density at radius 2 is 1.65 bits per heavy atom. The van der Waals surface area contributed by atoms with Gasteiger partial charge in [-0.3, -0.25) is 4.79 Å². The summed E-state index contributed by atoms with van der Waals surface area (Å²) >= 11 is 0. The topological polar surface area (TPSA) is 29.1 Å². The van der Waals surface area contributed by atoms with Gasteiger partial charge in [-0.05, 0) is 23.6 Å². The summed E-state index contributed by atoms with van der Waals surface area (Å²) in [6, 6.07) is 3.90. The largest absolute Gasteiger partial charge is 0.383 e. The molecule has 0 fully saturated rings. The third-order valence-corrected chi connectivity index (χ3v) is 2.76. The maximum atomic E-state index is 12.9. The zero-order valence-corrected chi connectivity index (χ0v) is 10.8. The standard InChI is InChI=1S/C13H14F5NO/c1-7(2)10(8-3-5-9(14)6-4-8)19-12(20)13(17,18)11(15)16/h3-7,10-11H,1-2H3,(H,19,20). The van der Waals surface area contributed by atoms with Gasteiger partial charge in [-0.15, -0.1) is 0 Å². The van der Waals surface area contributed by atoms with Crippen molar-refractivity contribution in [3.8, 4) is 0 Å². The Kier molecular flexibility index (Phi) is 5.08. The van der Waals surface area contributed by atoms with Crippen LogP contribution < -0.4 is 5.32 Å². The molecule has 1 aromatic carbocycles. The number of hydrogen-bond donors (Lipinski definition) is 1. The number of benzene rings is 1. The molecule has 1 atom stereocenters. The van der Waals surface area contributed by atoms with E-state index in [-0.39, 0.29) is 5.92 Å². The van der Waals surface area contributed by atoms with Crippen molar-refractivity contribution in [1.29, 1.82) is 0 Å². The van der Waals surface area contributed by atoms with Gasteiger partial charge in [0.05, 0.1) is 6.04 Å². The van der Waals surface area contributed by atoms with E-state index in [2.05, 4.69) is 0 Å². The van der Waals surface area contributed by atoms with Crippen LogP contribution in [0.2, 0.25) is 0 Å². The SMILES string of the molecule is CC(C)C(NC(=O)C(F)(F)C(F)F)c1ccc(F)cc1. The van der Waals surface area contributed by atoms with Crippen LogP contribution in [0.5, 0.6) is 0 Å². The quantitative estimate of drug-likeness (QED) is 0.827. The molecule has 0 aromatic heterocycles. The first kappa shape index (κ1) is 16.4. The lowest BCUT2D eigenvalue weighted by Crippen LogP contribution is -2.47. The molecular formula is C13H14F5NO. The molecule has 1 N–H and O–H groups in total. The summed E-state index contributed by atoms with van der Waals surface area (Å²) in [5.41, 5.74) is 0.361. The van der Waals surface area contributed by atoms with E-state index in [9.17, 15) is 26.7 Å². The predicted molar refractivity (Wildman–Crippen MR) is 63.1 cm³/mol. The second-order valence-electron chi connectivity index (χ2n) is 4.67. The van der Waals surface area contributed by atoms with Crippen LogP contribution in [0.1, 0.15) is 25.5 Å². The molecular weight excluding hydrogens is 281 g/mol. The van der Waals surface area contributed by atoms with E-state index < -0.39 is 30.1 Å². The van der Waals surface area contributed by atoms with Crippen molar-refractivity contribution in [3.05, 3.63) is 35.6 Å². The summed E-state index contributed by atoms with van der Waals surface area (Å²) in [6.07, 6.45) is -4.08. The molecule has 0 radical (unpaired) electrons. The summed E-state index contributed by atoms with van der Waals surface area (Å²) in [5.74, 6) is -7.67. The molecule has 1 aromatic rings. The summed E-state index contributed by atoms with van der Waals surface area (Å²) in [5, 5.41) is 1.88. The molecule has 2 nitrogen and oxygen atoms in total. The number of halogens is 5. The molecule has 0 aliphatic carbocycles. The predicted octanol–water partition coefficient (Wildman–Crippen LogP) is 3.54. The molecule has 20 heavy (non-hydrogen) atoms. The van der Waals surface area contributed by atoms with Crippen molar-refractivity contribution in [2.24, 2.45) is 5.92 Å². The van der Waals surface area contributed by atoms with Crippen LogP contribution in [0.4, 0.5) is 22.0 Å². The molecule has 0 saturated heterocycles. The second kappa shape index (κ2) is 6.19. The van der Waals surface area contributed by atoms with Gasteiger partial charge >= 0.3 is 12.3 Å². The number of alkyl halides is 4.